The number of benzene rings is 1. The molecule has 1 aromatic carbocycles. The van der Waals surface area contributed by atoms with Crippen LogP contribution in [0.4, 0.5) is 4.79 Å². The van der Waals surface area contributed by atoms with Gasteiger partial charge in [0.1, 0.15) is 5.54 Å². The number of nitrogens with zero attached hydrogens (tertiary/aromatic N) is 1. The van der Waals surface area contributed by atoms with Crippen LogP contribution in [-0.2, 0) is 15.1 Å². The Labute approximate surface area is 134 Å². The minimum Gasteiger partial charge on any atom is -0.318 e. The summed E-state index contributed by atoms with van der Waals surface area (Å²) in [5, 5.41) is 3.43. The summed E-state index contributed by atoms with van der Waals surface area (Å²) in [5.41, 5.74) is 1.84. The quantitative estimate of drug-likeness (QED) is 0.496. The third-order valence-electron chi connectivity index (χ3n) is 3.66. The maximum atomic E-state index is 12.7. The molecule has 1 aliphatic rings. The molecular formula is C17H19N3O3. The molecule has 0 radical (unpaired) electrons. The van der Waals surface area contributed by atoms with Crippen LogP contribution in [0.5, 0.6) is 0 Å². The first-order chi connectivity index (χ1) is 11.0. The molecule has 0 spiro atoms. The van der Waals surface area contributed by atoms with Gasteiger partial charge in [-0.2, -0.15) is 5.01 Å². The molecular weight excluding hydrogens is 294 g/mol. The zero-order valence-electron chi connectivity index (χ0n) is 13.1. The Bertz CT molecular complexity index is 667. The fourth-order valence-corrected chi connectivity index (χ4v) is 2.44. The van der Waals surface area contributed by atoms with Crippen LogP contribution in [0, 0.1) is 0 Å². The van der Waals surface area contributed by atoms with Gasteiger partial charge < -0.3 is 5.32 Å². The van der Waals surface area contributed by atoms with Crippen molar-refractivity contribution in [3.05, 3.63) is 60.2 Å². The topological polar surface area (TPSA) is 78.5 Å². The Hall–Kier alpha value is -2.89. The zero-order chi connectivity index (χ0) is 16.9. The Morgan fingerprint density at radius 2 is 1.96 bits per heavy atom. The largest absolute Gasteiger partial charge is 0.344 e. The Kier molecular flexibility index (Phi) is 4.95. The molecule has 6 heteroatoms. The van der Waals surface area contributed by atoms with E-state index in [1.54, 1.807) is 36.4 Å². The van der Waals surface area contributed by atoms with Crippen LogP contribution in [0.3, 0.4) is 0 Å². The van der Waals surface area contributed by atoms with Crippen molar-refractivity contribution in [3.8, 4) is 0 Å². The molecule has 0 saturated carbocycles. The molecule has 0 unspecified atom stereocenters. The van der Waals surface area contributed by atoms with Crippen LogP contribution in [-0.4, -0.2) is 22.9 Å². The van der Waals surface area contributed by atoms with E-state index in [1.165, 1.54) is 12.2 Å². The maximum absolute atomic E-state index is 12.7. The van der Waals surface area contributed by atoms with Crippen LogP contribution < -0.4 is 10.7 Å². The SMILES string of the molecule is C/C=C/C=C/C(=O)NN1C(=O)N[C@@](CC)(c2ccccc2)C1=O. The fourth-order valence-electron chi connectivity index (χ4n) is 2.44. The van der Waals surface area contributed by atoms with Crippen molar-refractivity contribution in [2.75, 3.05) is 0 Å². The number of hydrogen-bond acceptors (Lipinski definition) is 3. The lowest BCUT2D eigenvalue weighted by Crippen LogP contribution is -2.48. The highest BCUT2D eigenvalue weighted by Crippen LogP contribution is 2.31. The van der Waals surface area contributed by atoms with Crippen LogP contribution in [0.25, 0.3) is 0 Å². The zero-order valence-corrected chi connectivity index (χ0v) is 13.1. The van der Waals surface area contributed by atoms with E-state index in [-0.39, 0.29) is 0 Å². The normalized spacial score (nSPS) is 21.2. The van der Waals surface area contributed by atoms with Crippen molar-refractivity contribution in [1.29, 1.82) is 0 Å². The van der Waals surface area contributed by atoms with E-state index >= 15 is 0 Å². The summed E-state index contributed by atoms with van der Waals surface area (Å²) in [4.78, 5) is 36.7. The number of urea groups is 1. The number of hydrogen-bond donors (Lipinski definition) is 2. The van der Waals surface area contributed by atoms with E-state index in [2.05, 4.69) is 10.7 Å². The van der Waals surface area contributed by atoms with Gasteiger partial charge in [0.25, 0.3) is 11.8 Å². The number of nitrogens with one attached hydrogen (secondary N) is 2. The molecule has 2 N–H and O–H groups in total. The van der Waals surface area contributed by atoms with Gasteiger partial charge in [-0.3, -0.25) is 15.0 Å². The molecule has 1 atom stereocenters. The summed E-state index contributed by atoms with van der Waals surface area (Å²) < 4.78 is 0. The number of rotatable bonds is 5. The molecule has 1 fully saturated rings. The van der Waals surface area contributed by atoms with Crippen LogP contribution >= 0.6 is 0 Å². The minimum atomic E-state index is -1.15. The average molecular weight is 313 g/mol. The molecule has 1 saturated heterocycles. The first-order valence-corrected chi connectivity index (χ1v) is 7.37. The van der Waals surface area contributed by atoms with Gasteiger partial charge >= 0.3 is 6.03 Å². The van der Waals surface area contributed by atoms with E-state index in [0.29, 0.717) is 12.0 Å². The lowest BCUT2D eigenvalue weighted by molar-refractivity contribution is -0.138. The Balaban J connectivity index is 2.24. The molecule has 0 bridgehead atoms. The number of allylic oxidation sites excluding steroid dienone is 3. The summed E-state index contributed by atoms with van der Waals surface area (Å²) >= 11 is 0. The second-order valence-corrected chi connectivity index (χ2v) is 5.06. The third kappa shape index (κ3) is 3.15. The van der Waals surface area contributed by atoms with Crippen LogP contribution in [0.1, 0.15) is 25.8 Å². The van der Waals surface area contributed by atoms with Gasteiger partial charge in [-0.1, -0.05) is 55.5 Å². The fraction of sp³-hybridized carbons (Fsp3) is 0.235. The molecule has 0 aliphatic carbocycles. The molecule has 0 aromatic heterocycles. The second kappa shape index (κ2) is 6.91. The standard InChI is InChI=1S/C17H19N3O3/c1-3-5-7-12-14(21)19-20-15(22)17(4-2,18-16(20)23)13-10-8-6-9-11-13/h3,5-12H,4H2,1-2H3,(H,18,23)(H,19,21)/b5-3+,12-7+/t17-/m0/s1. The van der Waals surface area contributed by atoms with Gasteiger partial charge in [-0.25, -0.2) is 4.79 Å². The lowest BCUT2D eigenvalue weighted by atomic mass is 9.87. The van der Waals surface area contributed by atoms with Gasteiger partial charge in [0.15, 0.2) is 0 Å². The molecule has 1 heterocycles. The third-order valence-corrected chi connectivity index (χ3v) is 3.66. The first kappa shape index (κ1) is 16.5. The second-order valence-electron chi connectivity index (χ2n) is 5.06. The highest BCUT2D eigenvalue weighted by atomic mass is 16.2. The molecule has 120 valence electrons. The number of carbonyl (C=O) groups excluding carboxylic acids is 3. The lowest BCUT2D eigenvalue weighted by Gasteiger charge is -2.25. The van der Waals surface area contributed by atoms with Crippen molar-refractivity contribution >= 4 is 17.8 Å². The monoisotopic (exact) mass is 313 g/mol. The van der Waals surface area contributed by atoms with Crippen molar-refractivity contribution in [2.24, 2.45) is 0 Å². The Morgan fingerprint density at radius 3 is 2.57 bits per heavy atom. The van der Waals surface area contributed by atoms with Gasteiger partial charge in [0, 0.05) is 6.08 Å². The van der Waals surface area contributed by atoms with Crippen molar-refractivity contribution in [1.82, 2.24) is 15.8 Å². The molecule has 1 aromatic rings. The molecule has 2 rings (SSSR count). The van der Waals surface area contributed by atoms with E-state index in [4.69, 9.17) is 0 Å². The number of hydrazine groups is 1. The van der Waals surface area contributed by atoms with Crippen molar-refractivity contribution in [2.45, 2.75) is 25.8 Å². The minimum absolute atomic E-state index is 0.377. The summed E-state index contributed by atoms with van der Waals surface area (Å²) in [5.74, 6) is -1.05. The van der Waals surface area contributed by atoms with Crippen molar-refractivity contribution < 1.29 is 14.4 Å². The summed E-state index contributed by atoms with van der Waals surface area (Å²) in [6.07, 6.45) is 6.58. The molecule has 4 amide bonds. The summed E-state index contributed by atoms with van der Waals surface area (Å²) in [6.45, 7) is 3.62. The number of carbonyl (C=O) groups is 3. The predicted molar refractivity (Wildman–Crippen MR) is 85.9 cm³/mol. The van der Waals surface area contributed by atoms with E-state index in [9.17, 15) is 14.4 Å². The van der Waals surface area contributed by atoms with Crippen LogP contribution in [0.2, 0.25) is 0 Å². The Morgan fingerprint density at radius 1 is 1.26 bits per heavy atom. The van der Waals surface area contributed by atoms with Crippen LogP contribution in [0.15, 0.2) is 54.6 Å². The highest BCUT2D eigenvalue weighted by molar-refractivity contribution is 6.08. The summed E-state index contributed by atoms with van der Waals surface area (Å²) in [7, 11) is 0. The molecule has 1 aliphatic heterocycles. The predicted octanol–water partition coefficient (Wildman–Crippen LogP) is 2.01. The van der Waals surface area contributed by atoms with Crippen molar-refractivity contribution in [3.63, 3.8) is 0 Å². The van der Waals surface area contributed by atoms with E-state index in [0.717, 1.165) is 5.01 Å². The summed E-state index contributed by atoms with van der Waals surface area (Å²) in [6, 6.07) is 8.34. The van der Waals surface area contributed by atoms with Gasteiger partial charge in [-0.05, 0) is 18.9 Å². The number of imide groups is 1. The first-order valence-electron chi connectivity index (χ1n) is 7.37. The number of amides is 4. The highest BCUT2D eigenvalue weighted by Gasteiger charge is 2.52. The smallest absolute Gasteiger partial charge is 0.318 e. The molecule has 23 heavy (non-hydrogen) atoms. The van der Waals surface area contributed by atoms with E-state index < -0.39 is 23.4 Å². The molecule has 6 nitrogen and oxygen atoms in total. The van der Waals surface area contributed by atoms with Gasteiger partial charge in [0.05, 0.1) is 0 Å². The van der Waals surface area contributed by atoms with Gasteiger partial charge in [0.2, 0.25) is 0 Å². The maximum Gasteiger partial charge on any atom is 0.344 e. The van der Waals surface area contributed by atoms with Gasteiger partial charge in [-0.15, -0.1) is 0 Å². The average Bonchev–Trinajstić information content (AvgIpc) is 2.81. The van der Waals surface area contributed by atoms with E-state index in [1.807, 2.05) is 19.9 Å².